The summed E-state index contributed by atoms with van der Waals surface area (Å²) in [5.41, 5.74) is 1.06. The molecule has 0 aliphatic carbocycles. The fraction of sp³-hybridized carbons (Fsp3) is 0.650. The number of likely N-dealkylation sites (N-methyl/N-ethyl adjacent to an activating group) is 1. The third-order valence-electron chi connectivity index (χ3n) is 5.99. The molecule has 0 radical (unpaired) electrons. The molecule has 0 N–H and O–H groups in total. The van der Waals surface area contributed by atoms with Gasteiger partial charge in [0.25, 0.3) is 0 Å². The Balaban J connectivity index is 1.23. The number of likely N-dealkylation sites (tertiary alicyclic amines) is 1. The number of hydrogen-bond donors (Lipinski definition) is 0. The zero-order valence-electron chi connectivity index (χ0n) is 15.8. The van der Waals surface area contributed by atoms with E-state index in [-0.39, 0.29) is 11.7 Å². The fourth-order valence-electron chi connectivity index (χ4n) is 4.54. The van der Waals surface area contributed by atoms with Gasteiger partial charge in [-0.25, -0.2) is 4.79 Å². The summed E-state index contributed by atoms with van der Waals surface area (Å²) in [6.45, 7) is 9.32. The van der Waals surface area contributed by atoms with Crippen LogP contribution in [0.15, 0.2) is 30.3 Å². The van der Waals surface area contributed by atoms with Crippen LogP contribution < -0.4 is 4.90 Å². The summed E-state index contributed by atoms with van der Waals surface area (Å²) in [5, 5.41) is 0. The average molecular weight is 358 g/mol. The van der Waals surface area contributed by atoms with E-state index in [2.05, 4.69) is 45.0 Å². The van der Waals surface area contributed by atoms with Crippen LogP contribution in [0.5, 0.6) is 0 Å². The van der Waals surface area contributed by atoms with Crippen LogP contribution in [-0.4, -0.2) is 92.3 Å². The van der Waals surface area contributed by atoms with E-state index in [1.165, 1.54) is 5.69 Å². The maximum absolute atomic E-state index is 11.8. The van der Waals surface area contributed by atoms with Gasteiger partial charge in [0.15, 0.2) is 0 Å². The quantitative estimate of drug-likeness (QED) is 0.820. The lowest BCUT2D eigenvalue weighted by atomic mass is 9.93. The van der Waals surface area contributed by atoms with Crippen molar-refractivity contribution in [2.45, 2.75) is 18.4 Å². The van der Waals surface area contributed by atoms with Crippen LogP contribution in [-0.2, 0) is 4.74 Å². The minimum Gasteiger partial charge on any atom is -0.440 e. The Hall–Kier alpha value is -1.79. The summed E-state index contributed by atoms with van der Waals surface area (Å²) < 4.78 is 5.71. The number of carbonyl (C=O) groups excluding carboxylic acids is 1. The van der Waals surface area contributed by atoms with Crippen LogP contribution in [0.1, 0.15) is 12.8 Å². The molecule has 0 bridgehead atoms. The van der Waals surface area contributed by atoms with Gasteiger partial charge < -0.3 is 14.5 Å². The van der Waals surface area contributed by atoms with Gasteiger partial charge in [-0.05, 0) is 31.5 Å². The molecule has 3 fully saturated rings. The van der Waals surface area contributed by atoms with Crippen LogP contribution >= 0.6 is 0 Å². The number of amides is 1. The van der Waals surface area contributed by atoms with Crippen molar-refractivity contribution in [3.8, 4) is 0 Å². The molecule has 0 aromatic heterocycles. The lowest BCUT2D eigenvalue weighted by Gasteiger charge is -2.40. The second-order valence-corrected chi connectivity index (χ2v) is 7.95. The smallest absolute Gasteiger partial charge is 0.410 e. The first-order valence-electron chi connectivity index (χ1n) is 9.82. The standard InChI is InChI=1S/C20H30N4O2/c1-21-16-20(26-19(21)25)8-5-9-23(17-20)11-10-22-12-14-24(15-13-22)18-6-3-2-4-7-18/h2-4,6-7H,5,8-17H2,1H3/t20-/m0/s1. The van der Waals surface area contributed by atoms with Gasteiger partial charge >= 0.3 is 6.09 Å². The van der Waals surface area contributed by atoms with Gasteiger partial charge in [-0.15, -0.1) is 0 Å². The van der Waals surface area contributed by atoms with Crippen LogP contribution in [0.2, 0.25) is 0 Å². The number of nitrogens with zero attached hydrogens (tertiary/aromatic N) is 4. The summed E-state index contributed by atoms with van der Waals surface area (Å²) in [5.74, 6) is 0. The van der Waals surface area contributed by atoms with Crippen molar-refractivity contribution in [3.63, 3.8) is 0 Å². The Bertz CT molecular complexity index is 617. The van der Waals surface area contributed by atoms with E-state index in [4.69, 9.17) is 4.74 Å². The van der Waals surface area contributed by atoms with Gasteiger partial charge in [-0.1, -0.05) is 18.2 Å². The molecule has 142 valence electrons. The molecule has 1 spiro atoms. The highest BCUT2D eigenvalue weighted by Gasteiger charge is 2.46. The molecular weight excluding hydrogens is 328 g/mol. The minimum atomic E-state index is -0.268. The van der Waals surface area contributed by atoms with Crippen molar-refractivity contribution in [1.29, 1.82) is 0 Å². The Kier molecular flexibility index (Phi) is 5.05. The van der Waals surface area contributed by atoms with Gasteiger partial charge in [-0.2, -0.15) is 0 Å². The van der Waals surface area contributed by atoms with E-state index in [0.29, 0.717) is 0 Å². The largest absolute Gasteiger partial charge is 0.440 e. The number of rotatable bonds is 4. The molecule has 1 aromatic carbocycles. The molecule has 1 atom stereocenters. The van der Waals surface area contributed by atoms with E-state index in [1.807, 2.05) is 7.05 Å². The topological polar surface area (TPSA) is 39.3 Å². The highest BCUT2D eigenvalue weighted by Crippen LogP contribution is 2.31. The molecule has 4 rings (SSSR count). The molecule has 3 heterocycles. The van der Waals surface area contributed by atoms with Crippen molar-refractivity contribution in [3.05, 3.63) is 30.3 Å². The average Bonchev–Trinajstić information content (AvgIpc) is 2.94. The summed E-state index contributed by atoms with van der Waals surface area (Å²) in [7, 11) is 1.84. The molecular formula is C20H30N4O2. The Morgan fingerprint density at radius 2 is 1.69 bits per heavy atom. The highest BCUT2D eigenvalue weighted by molar-refractivity contribution is 5.70. The first-order valence-corrected chi connectivity index (χ1v) is 9.82. The summed E-state index contributed by atoms with van der Waals surface area (Å²) >= 11 is 0. The lowest BCUT2D eigenvalue weighted by Crippen LogP contribution is -2.53. The van der Waals surface area contributed by atoms with E-state index in [0.717, 1.165) is 71.7 Å². The summed E-state index contributed by atoms with van der Waals surface area (Å²) in [6.07, 6.45) is 1.95. The normalized spacial score (nSPS) is 28.0. The monoisotopic (exact) mass is 358 g/mol. The Morgan fingerprint density at radius 1 is 0.962 bits per heavy atom. The van der Waals surface area contributed by atoms with Crippen molar-refractivity contribution < 1.29 is 9.53 Å². The third-order valence-corrected chi connectivity index (χ3v) is 5.99. The predicted molar refractivity (Wildman–Crippen MR) is 103 cm³/mol. The van der Waals surface area contributed by atoms with Gasteiger partial charge in [0.2, 0.25) is 0 Å². The van der Waals surface area contributed by atoms with Gasteiger partial charge in [0.1, 0.15) is 5.60 Å². The number of anilines is 1. The molecule has 3 aliphatic heterocycles. The van der Waals surface area contributed by atoms with E-state index < -0.39 is 0 Å². The van der Waals surface area contributed by atoms with Gasteiger partial charge in [0, 0.05) is 58.5 Å². The number of piperidine rings is 1. The second-order valence-electron chi connectivity index (χ2n) is 7.95. The van der Waals surface area contributed by atoms with Crippen LogP contribution in [0.25, 0.3) is 0 Å². The Labute approximate surface area is 156 Å². The molecule has 6 nitrogen and oxygen atoms in total. The van der Waals surface area contributed by atoms with E-state index in [1.54, 1.807) is 4.90 Å². The van der Waals surface area contributed by atoms with E-state index in [9.17, 15) is 4.79 Å². The minimum absolute atomic E-state index is 0.163. The van der Waals surface area contributed by atoms with Crippen LogP contribution in [0.3, 0.4) is 0 Å². The zero-order chi connectivity index (χ0) is 18.0. The Morgan fingerprint density at radius 3 is 2.38 bits per heavy atom. The van der Waals surface area contributed by atoms with Gasteiger partial charge in [-0.3, -0.25) is 9.80 Å². The molecule has 26 heavy (non-hydrogen) atoms. The molecule has 0 unspecified atom stereocenters. The molecule has 6 heteroatoms. The van der Waals surface area contributed by atoms with Crippen molar-refractivity contribution in [1.82, 2.24) is 14.7 Å². The first-order chi connectivity index (χ1) is 12.6. The second kappa shape index (κ2) is 7.45. The lowest BCUT2D eigenvalue weighted by molar-refractivity contribution is -0.0111. The number of piperazine rings is 1. The number of carbonyl (C=O) groups is 1. The van der Waals surface area contributed by atoms with Crippen molar-refractivity contribution >= 4 is 11.8 Å². The van der Waals surface area contributed by atoms with E-state index >= 15 is 0 Å². The molecule has 1 aromatic rings. The van der Waals surface area contributed by atoms with Crippen LogP contribution in [0, 0.1) is 0 Å². The highest BCUT2D eigenvalue weighted by atomic mass is 16.6. The third kappa shape index (κ3) is 3.81. The first kappa shape index (κ1) is 17.6. The summed E-state index contributed by atoms with van der Waals surface area (Å²) in [6, 6.07) is 10.7. The number of ether oxygens (including phenoxy) is 1. The molecule has 0 saturated carbocycles. The number of benzene rings is 1. The van der Waals surface area contributed by atoms with Crippen LogP contribution in [0.4, 0.5) is 10.5 Å². The molecule has 3 saturated heterocycles. The maximum atomic E-state index is 11.8. The molecule has 1 amide bonds. The number of para-hydroxylation sites is 1. The zero-order valence-corrected chi connectivity index (χ0v) is 15.8. The summed E-state index contributed by atoms with van der Waals surface area (Å²) in [4.78, 5) is 21.0. The molecule has 3 aliphatic rings. The maximum Gasteiger partial charge on any atom is 0.410 e. The van der Waals surface area contributed by atoms with Gasteiger partial charge in [0.05, 0.1) is 6.54 Å². The van der Waals surface area contributed by atoms with Crippen molar-refractivity contribution in [2.24, 2.45) is 0 Å². The fourth-order valence-corrected chi connectivity index (χ4v) is 4.54. The predicted octanol–water partition coefficient (Wildman–Crippen LogP) is 1.73. The van der Waals surface area contributed by atoms with Crippen molar-refractivity contribution in [2.75, 3.05) is 70.9 Å². The SMILES string of the molecule is CN1C[C@]2(CCCN(CCN3CCN(c4ccccc4)CC3)C2)OC1=O. The number of hydrogen-bond acceptors (Lipinski definition) is 5.